The summed E-state index contributed by atoms with van der Waals surface area (Å²) < 4.78 is 5.32. The first-order chi connectivity index (χ1) is 9.08. The van der Waals surface area contributed by atoms with E-state index in [0.29, 0.717) is 23.8 Å². The average Bonchev–Trinajstić information content (AvgIpc) is 2.95. The predicted octanol–water partition coefficient (Wildman–Crippen LogP) is 1.41. The van der Waals surface area contributed by atoms with Crippen molar-refractivity contribution in [3.63, 3.8) is 0 Å². The summed E-state index contributed by atoms with van der Waals surface area (Å²) in [6.45, 7) is 4.81. The van der Waals surface area contributed by atoms with Gasteiger partial charge in [0.15, 0.2) is 0 Å². The lowest BCUT2D eigenvalue weighted by molar-refractivity contribution is -0.120. The second kappa shape index (κ2) is 5.70. The third-order valence-electron chi connectivity index (χ3n) is 3.52. The van der Waals surface area contributed by atoms with E-state index in [2.05, 4.69) is 16.7 Å². The molecule has 2 heterocycles. The van der Waals surface area contributed by atoms with Gasteiger partial charge in [-0.1, -0.05) is 0 Å². The number of carbonyl (C=O) groups excluding carboxylic acids is 1. The van der Waals surface area contributed by atoms with Crippen molar-refractivity contribution in [1.82, 2.24) is 5.32 Å². The molecule has 2 rings (SSSR count). The van der Waals surface area contributed by atoms with E-state index in [0.717, 1.165) is 10.4 Å². The van der Waals surface area contributed by atoms with Crippen LogP contribution in [0.3, 0.4) is 0 Å². The fourth-order valence-electron chi connectivity index (χ4n) is 2.15. The molecule has 6 heteroatoms. The Kier molecular flexibility index (Phi) is 4.20. The summed E-state index contributed by atoms with van der Waals surface area (Å²) in [7, 11) is 1.82. The lowest BCUT2D eigenvalue weighted by Crippen LogP contribution is -2.39. The Labute approximate surface area is 116 Å². The molecule has 0 aromatic carbocycles. The number of hydrogen-bond donors (Lipinski definition) is 2. The van der Waals surface area contributed by atoms with Gasteiger partial charge in [0.25, 0.3) is 0 Å². The molecule has 0 saturated carbocycles. The van der Waals surface area contributed by atoms with Gasteiger partial charge in [0.05, 0.1) is 24.7 Å². The van der Waals surface area contributed by atoms with Crippen LogP contribution in [0.4, 0.5) is 5.00 Å². The van der Waals surface area contributed by atoms with Crippen molar-refractivity contribution in [2.45, 2.75) is 19.9 Å². The smallest absolute Gasteiger partial charge is 0.232 e. The summed E-state index contributed by atoms with van der Waals surface area (Å²) in [4.78, 5) is 13.3. The Bertz CT molecular complexity index is 533. The van der Waals surface area contributed by atoms with E-state index in [9.17, 15) is 4.79 Å². The van der Waals surface area contributed by atoms with Crippen molar-refractivity contribution in [3.8, 4) is 6.07 Å². The second-order valence-corrected chi connectivity index (χ2v) is 5.85. The van der Waals surface area contributed by atoms with E-state index < -0.39 is 0 Å². The highest BCUT2D eigenvalue weighted by Crippen LogP contribution is 2.32. The number of nitriles is 1. The molecule has 0 spiro atoms. The number of hydrogen-bond acceptors (Lipinski definition) is 5. The van der Waals surface area contributed by atoms with Crippen molar-refractivity contribution in [2.24, 2.45) is 5.92 Å². The number of ether oxygens (including phenoxy) is 1. The molecule has 102 valence electrons. The normalized spacial score (nSPS) is 22.2. The summed E-state index contributed by atoms with van der Waals surface area (Å²) in [6.07, 6.45) is 0. The molecular weight excluding hydrogens is 262 g/mol. The topological polar surface area (TPSA) is 74.2 Å². The number of rotatable bonds is 3. The molecule has 0 bridgehead atoms. The fraction of sp³-hybridized carbons (Fsp3) is 0.538. The number of carbonyl (C=O) groups is 1. The first kappa shape index (κ1) is 14.0. The molecule has 0 radical (unpaired) electrons. The van der Waals surface area contributed by atoms with Crippen LogP contribution in [0.5, 0.6) is 0 Å². The molecule has 1 saturated heterocycles. The van der Waals surface area contributed by atoms with Gasteiger partial charge in [-0.15, -0.1) is 11.3 Å². The van der Waals surface area contributed by atoms with Crippen LogP contribution in [-0.4, -0.2) is 32.2 Å². The molecule has 19 heavy (non-hydrogen) atoms. The monoisotopic (exact) mass is 279 g/mol. The lowest BCUT2D eigenvalue weighted by Gasteiger charge is -2.15. The van der Waals surface area contributed by atoms with Crippen molar-refractivity contribution in [2.75, 3.05) is 25.6 Å². The van der Waals surface area contributed by atoms with Gasteiger partial charge in [0, 0.05) is 10.9 Å². The summed E-state index contributed by atoms with van der Waals surface area (Å²) in [5.74, 6) is -0.297. The Morgan fingerprint density at radius 3 is 2.84 bits per heavy atom. The van der Waals surface area contributed by atoms with E-state index in [-0.39, 0.29) is 17.9 Å². The SMILES string of the molecule is CNC1COCC1C(=O)Nc1sc(C)c(C)c1C#N. The van der Waals surface area contributed by atoms with E-state index in [1.54, 1.807) is 0 Å². The van der Waals surface area contributed by atoms with Gasteiger partial charge < -0.3 is 15.4 Å². The number of aryl methyl sites for hydroxylation is 1. The second-order valence-electron chi connectivity index (χ2n) is 4.63. The average molecular weight is 279 g/mol. The molecule has 1 aromatic heterocycles. The molecule has 0 aliphatic carbocycles. The van der Waals surface area contributed by atoms with Crippen LogP contribution in [0.15, 0.2) is 0 Å². The largest absolute Gasteiger partial charge is 0.379 e. The van der Waals surface area contributed by atoms with Gasteiger partial charge >= 0.3 is 0 Å². The van der Waals surface area contributed by atoms with Crippen LogP contribution >= 0.6 is 11.3 Å². The maximum absolute atomic E-state index is 12.2. The minimum Gasteiger partial charge on any atom is -0.379 e. The molecule has 1 aliphatic rings. The van der Waals surface area contributed by atoms with Crippen LogP contribution in [-0.2, 0) is 9.53 Å². The molecule has 1 aromatic rings. The van der Waals surface area contributed by atoms with Crippen LogP contribution in [0.1, 0.15) is 16.0 Å². The predicted molar refractivity (Wildman–Crippen MR) is 74.3 cm³/mol. The van der Waals surface area contributed by atoms with E-state index in [1.807, 2.05) is 20.9 Å². The molecule has 2 N–H and O–H groups in total. The lowest BCUT2D eigenvalue weighted by atomic mass is 10.0. The van der Waals surface area contributed by atoms with E-state index >= 15 is 0 Å². The van der Waals surface area contributed by atoms with Crippen LogP contribution in [0.25, 0.3) is 0 Å². The molecule has 1 amide bonds. The highest BCUT2D eigenvalue weighted by Gasteiger charge is 2.33. The van der Waals surface area contributed by atoms with E-state index in [4.69, 9.17) is 10.00 Å². The quantitative estimate of drug-likeness (QED) is 0.877. The molecule has 2 atom stereocenters. The minimum absolute atomic E-state index is 0.0349. The van der Waals surface area contributed by atoms with Gasteiger partial charge in [0.1, 0.15) is 11.1 Å². The maximum atomic E-state index is 12.2. The van der Waals surface area contributed by atoms with Gasteiger partial charge in [0.2, 0.25) is 5.91 Å². The van der Waals surface area contributed by atoms with Crippen LogP contribution < -0.4 is 10.6 Å². The number of likely N-dealkylation sites (N-methyl/N-ethyl adjacent to an activating group) is 1. The zero-order chi connectivity index (χ0) is 14.0. The standard InChI is InChI=1S/C13H17N3O2S/c1-7-8(2)19-13(9(7)4-14)16-12(17)10-5-18-6-11(10)15-3/h10-11,15H,5-6H2,1-3H3,(H,16,17). The first-order valence-electron chi connectivity index (χ1n) is 6.14. The number of anilines is 1. The van der Waals surface area contributed by atoms with Gasteiger partial charge in [-0.05, 0) is 26.5 Å². The zero-order valence-corrected chi connectivity index (χ0v) is 12.1. The van der Waals surface area contributed by atoms with Crippen molar-refractivity contribution >= 4 is 22.2 Å². The number of thiophene rings is 1. The molecule has 5 nitrogen and oxygen atoms in total. The Balaban J connectivity index is 2.16. The molecule has 1 aliphatic heterocycles. The summed E-state index contributed by atoms with van der Waals surface area (Å²) in [5, 5.41) is 15.7. The van der Waals surface area contributed by atoms with E-state index in [1.165, 1.54) is 11.3 Å². The van der Waals surface area contributed by atoms with Gasteiger partial charge in [-0.3, -0.25) is 4.79 Å². The Morgan fingerprint density at radius 1 is 1.47 bits per heavy atom. The first-order valence-corrected chi connectivity index (χ1v) is 6.96. The summed E-state index contributed by atoms with van der Waals surface area (Å²) in [5.41, 5.74) is 1.51. The fourth-order valence-corrected chi connectivity index (χ4v) is 3.17. The van der Waals surface area contributed by atoms with Crippen LogP contribution in [0.2, 0.25) is 0 Å². The van der Waals surface area contributed by atoms with Crippen LogP contribution in [0, 0.1) is 31.1 Å². The number of amides is 1. The summed E-state index contributed by atoms with van der Waals surface area (Å²) >= 11 is 1.45. The third-order valence-corrected chi connectivity index (χ3v) is 4.64. The maximum Gasteiger partial charge on any atom is 0.232 e. The highest BCUT2D eigenvalue weighted by atomic mass is 32.1. The van der Waals surface area contributed by atoms with Gasteiger partial charge in [-0.2, -0.15) is 5.26 Å². The van der Waals surface area contributed by atoms with Crippen molar-refractivity contribution in [3.05, 3.63) is 16.0 Å². The molecular formula is C13H17N3O2S. The molecule has 2 unspecified atom stereocenters. The Hall–Kier alpha value is -1.42. The van der Waals surface area contributed by atoms with Crippen molar-refractivity contribution in [1.29, 1.82) is 5.26 Å². The third kappa shape index (κ3) is 2.63. The van der Waals surface area contributed by atoms with Gasteiger partial charge in [-0.25, -0.2) is 0 Å². The zero-order valence-electron chi connectivity index (χ0n) is 11.2. The number of nitrogens with one attached hydrogen (secondary N) is 2. The van der Waals surface area contributed by atoms with Crippen molar-refractivity contribution < 1.29 is 9.53 Å². The molecule has 1 fully saturated rings. The number of nitrogens with zero attached hydrogens (tertiary/aromatic N) is 1. The highest BCUT2D eigenvalue weighted by molar-refractivity contribution is 7.16. The summed E-state index contributed by atoms with van der Waals surface area (Å²) in [6, 6.07) is 2.19. The Morgan fingerprint density at radius 2 is 2.21 bits per heavy atom. The minimum atomic E-state index is -0.209.